The number of pyridine rings is 1. The third kappa shape index (κ3) is 3.71. The van der Waals surface area contributed by atoms with Gasteiger partial charge in [0.2, 0.25) is 0 Å². The van der Waals surface area contributed by atoms with E-state index < -0.39 is 0 Å². The second-order valence-corrected chi connectivity index (χ2v) is 2.77. The molecule has 0 aromatic carbocycles. The number of hydrogen-bond donors (Lipinski definition) is 2. The van der Waals surface area contributed by atoms with Gasteiger partial charge in [-0.3, -0.25) is 4.98 Å². The van der Waals surface area contributed by atoms with Crippen molar-refractivity contribution >= 4 is 5.69 Å². The van der Waals surface area contributed by atoms with Crippen LogP contribution in [0.1, 0.15) is 5.69 Å². The van der Waals surface area contributed by atoms with E-state index in [0.717, 1.165) is 17.9 Å². The van der Waals surface area contributed by atoms with E-state index >= 15 is 0 Å². The topological polar surface area (TPSA) is 50.9 Å². The normalized spacial score (nSPS) is 10.6. The second kappa shape index (κ2) is 5.32. The predicted molar refractivity (Wildman–Crippen MR) is 55.7 cm³/mol. The molecular weight excluding hydrogens is 162 g/mol. The van der Waals surface area contributed by atoms with Crippen LogP contribution in [0.15, 0.2) is 30.5 Å². The van der Waals surface area contributed by atoms with E-state index in [2.05, 4.69) is 10.3 Å². The van der Waals surface area contributed by atoms with E-state index in [1.54, 1.807) is 6.20 Å². The maximum absolute atomic E-state index is 5.31. The maximum Gasteiger partial charge on any atom is 0.0393 e. The van der Waals surface area contributed by atoms with Gasteiger partial charge in [0.05, 0.1) is 0 Å². The molecule has 0 fully saturated rings. The molecule has 3 heteroatoms. The van der Waals surface area contributed by atoms with Crippen LogP contribution in [0.5, 0.6) is 0 Å². The van der Waals surface area contributed by atoms with Crippen LogP contribution in [0.4, 0.5) is 5.69 Å². The van der Waals surface area contributed by atoms with Gasteiger partial charge in [-0.25, -0.2) is 0 Å². The quantitative estimate of drug-likeness (QED) is 0.682. The lowest BCUT2D eigenvalue weighted by molar-refractivity contribution is 1.18. The number of nitrogens with zero attached hydrogens (tertiary/aromatic N) is 1. The summed E-state index contributed by atoms with van der Waals surface area (Å²) in [5.41, 5.74) is 7.42. The number of hydrogen-bond acceptors (Lipinski definition) is 3. The van der Waals surface area contributed by atoms with E-state index in [0.29, 0.717) is 6.54 Å². The fourth-order valence-electron chi connectivity index (χ4n) is 1.01. The zero-order chi connectivity index (χ0) is 9.52. The maximum atomic E-state index is 5.31. The van der Waals surface area contributed by atoms with Crippen molar-refractivity contribution in [2.24, 2.45) is 5.73 Å². The summed E-state index contributed by atoms with van der Waals surface area (Å²) in [6.45, 7) is 3.37. The molecule has 0 aliphatic heterocycles. The molecule has 1 aromatic rings. The van der Waals surface area contributed by atoms with Gasteiger partial charge in [0, 0.05) is 30.7 Å². The summed E-state index contributed by atoms with van der Waals surface area (Å²) in [4.78, 5) is 4.11. The van der Waals surface area contributed by atoms with Crippen molar-refractivity contribution in [3.63, 3.8) is 0 Å². The van der Waals surface area contributed by atoms with Crippen LogP contribution in [-0.4, -0.2) is 18.1 Å². The first-order valence-corrected chi connectivity index (χ1v) is 4.34. The Morgan fingerprint density at radius 1 is 1.54 bits per heavy atom. The lowest BCUT2D eigenvalue weighted by Gasteiger charge is -2.02. The van der Waals surface area contributed by atoms with Crippen LogP contribution in [0.25, 0.3) is 0 Å². The Hall–Kier alpha value is -1.35. The molecule has 0 spiro atoms. The fourth-order valence-corrected chi connectivity index (χ4v) is 1.01. The highest BCUT2D eigenvalue weighted by molar-refractivity contribution is 5.43. The molecule has 0 radical (unpaired) electrons. The predicted octanol–water partition coefficient (Wildman–Crippen LogP) is 1.32. The minimum absolute atomic E-state index is 0.594. The average Bonchev–Trinajstić information content (AvgIpc) is 2.13. The Morgan fingerprint density at radius 3 is 3.08 bits per heavy atom. The van der Waals surface area contributed by atoms with Crippen LogP contribution in [-0.2, 0) is 0 Å². The highest BCUT2D eigenvalue weighted by atomic mass is 14.9. The molecule has 3 N–H and O–H groups in total. The van der Waals surface area contributed by atoms with Gasteiger partial charge >= 0.3 is 0 Å². The molecule has 0 saturated carbocycles. The Labute approximate surface area is 78.7 Å². The standard InChI is InChI=1S/C10H15N3/c1-9-8-10(4-7-12-9)13-6-3-2-5-11/h2-4,7-8H,5-6,11H2,1H3,(H,12,13)/b3-2+. The van der Waals surface area contributed by atoms with Gasteiger partial charge in [-0.05, 0) is 19.1 Å². The number of nitrogens with two attached hydrogens (primary N) is 1. The van der Waals surface area contributed by atoms with Gasteiger partial charge in [0.25, 0.3) is 0 Å². The molecular formula is C10H15N3. The summed E-state index contributed by atoms with van der Waals surface area (Å²) in [6.07, 6.45) is 5.74. The number of anilines is 1. The van der Waals surface area contributed by atoms with Gasteiger partial charge < -0.3 is 11.1 Å². The third-order valence-corrected chi connectivity index (χ3v) is 1.62. The van der Waals surface area contributed by atoms with Gasteiger partial charge in [0.1, 0.15) is 0 Å². The largest absolute Gasteiger partial charge is 0.381 e. The molecule has 1 aromatic heterocycles. The lowest BCUT2D eigenvalue weighted by Crippen LogP contribution is -2.00. The molecule has 0 aliphatic rings. The summed E-state index contributed by atoms with van der Waals surface area (Å²) >= 11 is 0. The van der Waals surface area contributed by atoms with E-state index in [9.17, 15) is 0 Å². The second-order valence-electron chi connectivity index (χ2n) is 2.77. The van der Waals surface area contributed by atoms with Crippen LogP contribution < -0.4 is 11.1 Å². The number of nitrogens with one attached hydrogen (secondary N) is 1. The smallest absolute Gasteiger partial charge is 0.0393 e. The van der Waals surface area contributed by atoms with Crippen molar-refractivity contribution in [1.82, 2.24) is 4.98 Å². The van der Waals surface area contributed by atoms with Gasteiger partial charge in [0.15, 0.2) is 0 Å². The van der Waals surface area contributed by atoms with Crippen molar-refractivity contribution in [2.75, 3.05) is 18.4 Å². The first-order valence-electron chi connectivity index (χ1n) is 4.34. The molecule has 1 rings (SSSR count). The van der Waals surface area contributed by atoms with Crippen molar-refractivity contribution in [1.29, 1.82) is 0 Å². The van der Waals surface area contributed by atoms with E-state index in [4.69, 9.17) is 5.73 Å². The average molecular weight is 177 g/mol. The Bertz CT molecular complexity index is 281. The Morgan fingerprint density at radius 2 is 2.38 bits per heavy atom. The molecule has 70 valence electrons. The number of aromatic nitrogens is 1. The van der Waals surface area contributed by atoms with Gasteiger partial charge in [-0.15, -0.1) is 0 Å². The first kappa shape index (κ1) is 9.74. The fraction of sp³-hybridized carbons (Fsp3) is 0.300. The minimum atomic E-state index is 0.594. The molecule has 0 amide bonds. The van der Waals surface area contributed by atoms with E-state index in [1.807, 2.05) is 31.2 Å². The molecule has 1 heterocycles. The zero-order valence-electron chi connectivity index (χ0n) is 7.83. The molecule has 0 saturated heterocycles. The molecule has 0 bridgehead atoms. The zero-order valence-corrected chi connectivity index (χ0v) is 7.83. The van der Waals surface area contributed by atoms with Crippen molar-refractivity contribution in [3.05, 3.63) is 36.2 Å². The Kier molecular flexibility index (Phi) is 3.99. The van der Waals surface area contributed by atoms with Gasteiger partial charge in [-0.2, -0.15) is 0 Å². The lowest BCUT2D eigenvalue weighted by atomic mass is 10.3. The highest BCUT2D eigenvalue weighted by Gasteiger charge is 1.89. The molecule has 13 heavy (non-hydrogen) atoms. The summed E-state index contributed by atoms with van der Waals surface area (Å²) in [6, 6.07) is 3.96. The molecule has 0 aliphatic carbocycles. The van der Waals surface area contributed by atoms with Crippen molar-refractivity contribution in [3.8, 4) is 0 Å². The van der Waals surface area contributed by atoms with Crippen molar-refractivity contribution < 1.29 is 0 Å². The van der Waals surface area contributed by atoms with Crippen molar-refractivity contribution in [2.45, 2.75) is 6.92 Å². The Balaban J connectivity index is 2.41. The summed E-state index contributed by atoms with van der Waals surface area (Å²) in [5, 5.41) is 3.24. The molecule has 0 atom stereocenters. The molecule has 3 nitrogen and oxygen atoms in total. The number of aryl methyl sites for hydroxylation is 1. The summed E-state index contributed by atoms with van der Waals surface area (Å²) in [7, 11) is 0. The summed E-state index contributed by atoms with van der Waals surface area (Å²) in [5.74, 6) is 0. The molecule has 0 unspecified atom stereocenters. The number of rotatable bonds is 4. The summed E-state index contributed by atoms with van der Waals surface area (Å²) < 4.78 is 0. The first-order chi connectivity index (χ1) is 6.33. The monoisotopic (exact) mass is 177 g/mol. The minimum Gasteiger partial charge on any atom is -0.381 e. The third-order valence-electron chi connectivity index (χ3n) is 1.62. The van der Waals surface area contributed by atoms with Gasteiger partial charge in [-0.1, -0.05) is 12.2 Å². The SMILES string of the molecule is Cc1cc(NC/C=C/CN)ccn1. The van der Waals surface area contributed by atoms with Crippen LogP contribution in [0, 0.1) is 6.92 Å². The van der Waals surface area contributed by atoms with Crippen LogP contribution >= 0.6 is 0 Å². The van der Waals surface area contributed by atoms with Crippen LogP contribution in [0.3, 0.4) is 0 Å². The highest BCUT2D eigenvalue weighted by Crippen LogP contribution is 2.05. The van der Waals surface area contributed by atoms with Crippen LogP contribution in [0.2, 0.25) is 0 Å². The van der Waals surface area contributed by atoms with E-state index in [-0.39, 0.29) is 0 Å². The van der Waals surface area contributed by atoms with E-state index in [1.165, 1.54) is 0 Å².